The van der Waals surface area contributed by atoms with Crippen LogP contribution < -0.4 is 10.2 Å². The van der Waals surface area contributed by atoms with Crippen LogP contribution in [0.25, 0.3) is 0 Å². The first kappa shape index (κ1) is 18.7. The van der Waals surface area contributed by atoms with Gasteiger partial charge in [-0.05, 0) is 59.7 Å². The Morgan fingerprint density at radius 2 is 1.81 bits per heavy atom. The highest BCUT2D eigenvalue weighted by Gasteiger charge is 2.01. The lowest BCUT2D eigenvalue weighted by atomic mass is 10.2. The van der Waals surface area contributed by atoms with Crippen LogP contribution in [0.15, 0.2) is 82.4 Å². The Kier molecular flexibility index (Phi) is 6.22. The first-order valence-corrected chi connectivity index (χ1v) is 8.99. The molecule has 0 aliphatic carbocycles. The largest absolute Gasteiger partial charge is 0.489 e. The van der Waals surface area contributed by atoms with Gasteiger partial charge in [0.2, 0.25) is 0 Å². The van der Waals surface area contributed by atoms with Crippen molar-refractivity contribution in [1.82, 2.24) is 0 Å². The summed E-state index contributed by atoms with van der Waals surface area (Å²) in [7, 11) is 0. The number of aromatic carboxylic acids is 1. The normalized spacial score (nSPS) is 10.7. The van der Waals surface area contributed by atoms with Gasteiger partial charge in [0.25, 0.3) is 0 Å². The third kappa shape index (κ3) is 5.69. The summed E-state index contributed by atoms with van der Waals surface area (Å²) in [6.07, 6.45) is 1.68. The lowest BCUT2D eigenvalue weighted by Crippen LogP contribution is -1.97. The van der Waals surface area contributed by atoms with E-state index < -0.39 is 5.97 Å². The number of ether oxygens (including phenoxy) is 1. The summed E-state index contributed by atoms with van der Waals surface area (Å²) in [5.74, 6) is -0.197. The van der Waals surface area contributed by atoms with Gasteiger partial charge in [-0.2, -0.15) is 5.10 Å². The molecule has 2 N–H and O–H groups in total. The summed E-state index contributed by atoms with van der Waals surface area (Å²) in [6.45, 7) is 0.488. The van der Waals surface area contributed by atoms with E-state index in [0.29, 0.717) is 12.3 Å². The fraction of sp³-hybridized carbons (Fsp3) is 0.0476. The molecule has 3 aromatic rings. The topological polar surface area (TPSA) is 70.9 Å². The molecule has 0 aliphatic rings. The summed E-state index contributed by atoms with van der Waals surface area (Å²) < 4.78 is 6.86. The average molecular weight is 425 g/mol. The summed E-state index contributed by atoms with van der Waals surface area (Å²) >= 11 is 3.41. The molecule has 5 nitrogen and oxygen atoms in total. The van der Waals surface area contributed by atoms with Crippen LogP contribution in [0.1, 0.15) is 21.5 Å². The number of hydrogen-bond acceptors (Lipinski definition) is 4. The lowest BCUT2D eigenvalue weighted by molar-refractivity contribution is 0.0697. The van der Waals surface area contributed by atoms with Gasteiger partial charge in [-0.25, -0.2) is 4.79 Å². The molecular formula is C21H17BrN2O3. The van der Waals surface area contributed by atoms with Gasteiger partial charge in [0.1, 0.15) is 12.4 Å². The van der Waals surface area contributed by atoms with Crippen molar-refractivity contribution in [3.05, 3.63) is 94.0 Å². The van der Waals surface area contributed by atoms with Crippen molar-refractivity contribution >= 4 is 33.8 Å². The zero-order valence-electron chi connectivity index (χ0n) is 14.3. The van der Waals surface area contributed by atoms with E-state index in [2.05, 4.69) is 26.5 Å². The van der Waals surface area contributed by atoms with Gasteiger partial charge in [-0.1, -0.05) is 40.2 Å². The maximum absolute atomic E-state index is 10.8. The number of nitrogens with zero attached hydrogens (tertiary/aromatic N) is 1. The molecule has 0 saturated heterocycles. The van der Waals surface area contributed by atoms with Crippen LogP contribution in [0.2, 0.25) is 0 Å². The van der Waals surface area contributed by atoms with E-state index in [9.17, 15) is 4.79 Å². The van der Waals surface area contributed by atoms with Crippen molar-refractivity contribution in [2.75, 3.05) is 5.43 Å². The average Bonchev–Trinajstić information content (AvgIpc) is 2.68. The maximum atomic E-state index is 10.8. The molecule has 0 aromatic heterocycles. The van der Waals surface area contributed by atoms with Crippen molar-refractivity contribution in [3.63, 3.8) is 0 Å². The Balaban J connectivity index is 1.57. The molecule has 0 spiro atoms. The van der Waals surface area contributed by atoms with Gasteiger partial charge >= 0.3 is 5.97 Å². The molecule has 0 saturated carbocycles. The minimum absolute atomic E-state index is 0.236. The molecule has 6 heteroatoms. The first-order chi connectivity index (χ1) is 13.1. The van der Waals surface area contributed by atoms with Crippen molar-refractivity contribution in [2.24, 2.45) is 5.10 Å². The van der Waals surface area contributed by atoms with E-state index in [1.54, 1.807) is 18.3 Å². The number of nitrogens with one attached hydrogen (secondary N) is 1. The smallest absolute Gasteiger partial charge is 0.335 e. The van der Waals surface area contributed by atoms with Crippen molar-refractivity contribution < 1.29 is 14.6 Å². The molecule has 3 aromatic carbocycles. The Morgan fingerprint density at radius 3 is 2.52 bits per heavy atom. The number of benzene rings is 3. The Labute approximate surface area is 165 Å². The van der Waals surface area contributed by atoms with Gasteiger partial charge in [0.15, 0.2) is 0 Å². The third-order valence-corrected chi connectivity index (χ3v) is 4.24. The highest BCUT2D eigenvalue weighted by Crippen LogP contribution is 2.16. The maximum Gasteiger partial charge on any atom is 0.335 e. The van der Waals surface area contributed by atoms with Crippen LogP contribution in [0, 0.1) is 0 Å². The zero-order chi connectivity index (χ0) is 19.1. The highest BCUT2D eigenvalue weighted by atomic mass is 79.9. The number of carbonyl (C=O) groups is 1. The second kappa shape index (κ2) is 9.00. The van der Waals surface area contributed by atoms with E-state index >= 15 is 0 Å². The highest BCUT2D eigenvalue weighted by molar-refractivity contribution is 9.10. The van der Waals surface area contributed by atoms with Gasteiger partial charge in [-0.3, -0.25) is 5.43 Å². The quantitative estimate of drug-likeness (QED) is 0.405. The van der Waals surface area contributed by atoms with Crippen LogP contribution in [0.3, 0.4) is 0 Å². The standard InChI is InChI=1S/C21H17BrN2O3/c22-18-8-4-15(5-9-18)14-27-20-3-1-2-16(12-20)13-23-24-19-10-6-17(7-11-19)21(25)26/h1-13,24H,14H2,(H,25,26)/b23-13+. The first-order valence-electron chi connectivity index (χ1n) is 8.20. The number of rotatable bonds is 7. The summed E-state index contributed by atoms with van der Waals surface area (Å²) in [5, 5.41) is 13.1. The van der Waals surface area contributed by atoms with Gasteiger partial charge < -0.3 is 9.84 Å². The van der Waals surface area contributed by atoms with Crippen molar-refractivity contribution in [2.45, 2.75) is 6.61 Å². The second-order valence-corrected chi connectivity index (χ2v) is 6.66. The molecule has 0 amide bonds. The summed E-state index contributed by atoms with van der Waals surface area (Å²) in [6, 6.07) is 22.0. The molecule has 0 bridgehead atoms. The van der Waals surface area contributed by atoms with E-state index in [1.165, 1.54) is 12.1 Å². The fourth-order valence-electron chi connectivity index (χ4n) is 2.30. The Hall–Kier alpha value is -3.12. The third-order valence-electron chi connectivity index (χ3n) is 3.72. The molecule has 0 aliphatic heterocycles. The van der Waals surface area contributed by atoms with Crippen LogP contribution in [0.4, 0.5) is 5.69 Å². The molecule has 0 fully saturated rings. The molecule has 0 atom stereocenters. The number of anilines is 1. The molecule has 0 radical (unpaired) electrons. The molecule has 136 valence electrons. The van der Waals surface area contributed by atoms with Crippen molar-refractivity contribution in [3.8, 4) is 5.75 Å². The number of hydrogen-bond donors (Lipinski definition) is 2. The summed E-state index contributed by atoms with van der Waals surface area (Å²) in [5.41, 5.74) is 5.79. The van der Waals surface area contributed by atoms with Gasteiger partial charge in [-0.15, -0.1) is 0 Å². The monoisotopic (exact) mass is 424 g/mol. The summed E-state index contributed by atoms with van der Waals surface area (Å²) in [4.78, 5) is 10.8. The molecule has 0 unspecified atom stereocenters. The van der Waals surface area contributed by atoms with Crippen LogP contribution in [0.5, 0.6) is 5.75 Å². The van der Waals surface area contributed by atoms with E-state index in [-0.39, 0.29) is 5.56 Å². The van der Waals surface area contributed by atoms with Crippen LogP contribution in [-0.2, 0) is 6.61 Å². The zero-order valence-corrected chi connectivity index (χ0v) is 15.9. The van der Waals surface area contributed by atoms with E-state index in [4.69, 9.17) is 9.84 Å². The number of hydrazone groups is 1. The molecule has 3 rings (SSSR count). The van der Waals surface area contributed by atoms with Crippen LogP contribution in [-0.4, -0.2) is 17.3 Å². The van der Waals surface area contributed by atoms with Gasteiger partial charge in [0.05, 0.1) is 17.5 Å². The Bertz CT molecular complexity index is 938. The second-order valence-electron chi connectivity index (χ2n) is 5.74. The SMILES string of the molecule is O=C(O)c1ccc(N/N=C/c2cccc(OCc3ccc(Br)cc3)c2)cc1. The fourth-order valence-corrected chi connectivity index (χ4v) is 2.56. The predicted octanol–water partition coefficient (Wildman–Crippen LogP) is 5.17. The minimum Gasteiger partial charge on any atom is -0.489 e. The number of carboxylic acids is 1. The number of carboxylic acid groups (broad SMARTS) is 1. The Morgan fingerprint density at radius 1 is 1.07 bits per heavy atom. The lowest BCUT2D eigenvalue weighted by Gasteiger charge is -2.07. The molecule has 0 heterocycles. The van der Waals surface area contributed by atoms with E-state index in [1.807, 2.05) is 48.5 Å². The van der Waals surface area contributed by atoms with Crippen molar-refractivity contribution in [1.29, 1.82) is 0 Å². The van der Waals surface area contributed by atoms with Crippen LogP contribution >= 0.6 is 15.9 Å². The predicted molar refractivity (Wildman–Crippen MR) is 110 cm³/mol. The molecule has 27 heavy (non-hydrogen) atoms. The van der Waals surface area contributed by atoms with E-state index in [0.717, 1.165) is 21.3 Å². The molecular weight excluding hydrogens is 408 g/mol. The minimum atomic E-state index is -0.954. The number of halogens is 1. The van der Waals surface area contributed by atoms with Gasteiger partial charge in [0, 0.05) is 4.47 Å².